The Balaban J connectivity index is 1.84. The van der Waals surface area contributed by atoms with E-state index in [1.165, 1.54) is 18.2 Å². The van der Waals surface area contributed by atoms with Gasteiger partial charge in [0.25, 0.3) is 0 Å². The lowest BCUT2D eigenvalue weighted by atomic mass is 10.1. The fourth-order valence-electron chi connectivity index (χ4n) is 2.30. The third-order valence-corrected chi connectivity index (χ3v) is 3.37. The first-order chi connectivity index (χ1) is 10.6. The monoisotopic (exact) mass is 295 g/mol. The Bertz CT molecular complexity index is 848. The molecule has 0 aliphatic rings. The van der Waals surface area contributed by atoms with Crippen molar-refractivity contribution in [2.24, 2.45) is 0 Å². The van der Waals surface area contributed by atoms with Crippen LogP contribution in [0.4, 0.5) is 20.6 Å². The predicted octanol–water partition coefficient (Wildman–Crippen LogP) is 4.33. The molecule has 5 heteroatoms. The lowest BCUT2D eigenvalue weighted by Gasteiger charge is -2.11. The largest absolute Gasteiger partial charge is 0.323 e. The summed E-state index contributed by atoms with van der Waals surface area (Å²) in [7, 11) is 0. The van der Waals surface area contributed by atoms with Crippen LogP contribution in [0.3, 0.4) is 0 Å². The number of urea groups is 1. The average molecular weight is 295 g/mol. The van der Waals surface area contributed by atoms with Crippen LogP contribution in [0.5, 0.6) is 0 Å². The number of nitrogens with zero attached hydrogens (tertiary/aromatic N) is 1. The third kappa shape index (κ3) is 2.88. The molecule has 4 nitrogen and oxygen atoms in total. The van der Waals surface area contributed by atoms with Gasteiger partial charge in [0.2, 0.25) is 0 Å². The number of benzene rings is 2. The second-order valence-corrected chi connectivity index (χ2v) is 4.94. The van der Waals surface area contributed by atoms with Crippen molar-refractivity contribution < 1.29 is 9.18 Å². The number of fused-ring (bicyclic) bond motifs is 1. The molecule has 0 unspecified atom stereocenters. The van der Waals surface area contributed by atoms with E-state index in [2.05, 4.69) is 15.6 Å². The number of aryl methyl sites for hydroxylation is 1. The fraction of sp³-hybridized carbons (Fsp3) is 0.0588. The zero-order chi connectivity index (χ0) is 15.5. The Morgan fingerprint density at radius 1 is 1.09 bits per heavy atom. The number of hydrogen-bond donors (Lipinski definition) is 2. The summed E-state index contributed by atoms with van der Waals surface area (Å²) in [5.41, 5.74) is 2.16. The maximum atomic E-state index is 13.1. The highest BCUT2D eigenvalue weighted by molar-refractivity contribution is 6.06. The van der Waals surface area contributed by atoms with Crippen molar-refractivity contribution in [1.82, 2.24) is 4.98 Å². The van der Waals surface area contributed by atoms with Crippen molar-refractivity contribution in [2.75, 3.05) is 10.6 Å². The topological polar surface area (TPSA) is 54.0 Å². The molecular formula is C17H14FN3O. The standard InChI is InChI=1S/C17H14FN3O/c1-11-5-6-16(15-10-19-8-7-14(11)15)21-17(22)20-13-4-2-3-12(18)9-13/h2-10H,1H3,(H2,20,21,22). The number of nitrogens with one attached hydrogen (secondary N) is 2. The van der Waals surface area contributed by atoms with Crippen molar-refractivity contribution in [3.8, 4) is 0 Å². The van der Waals surface area contributed by atoms with E-state index in [4.69, 9.17) is 0 Å². The van der Waals surface area contributed by atoms with Gasteiger partial charge in [-0.3, -0.25) is 4.98 Å². The van der Waals surface area contributed by atoms with Gasteiger partial charge in [0.05, 0.1) is 5.69 Å². The predicted molar refractivity (Wildman–Crippen MR) is 85.5 cm³/mol. The van der Waals surface area contributed by atoms with Crippen LogP contribution < -0.4 is 10.6 Å². The third-order valence-electron chi connectivity index (χ3n) is 3.37. The Hall–Kier alpha value is -2.95. The van der Waals surface area contributed by atoms with Gasteiger partial charge >= 0.3 is 6.03 Å². The van der Waals surface area contributed by atoms with Crippen molar-refractivity contribution >= 4 is 28.2 Å². The van der Waals surface area contributed by atoms with Gasteiger partial charge in [0.15, 0.2) is 0 Å². The van der Waals surface area contributed by atoms with Crippen LogP contribution in [0, 0.1) is 12.7 Å². The lowest BCUT2D eigenvalue weighted by Crippen LogP contribution is -2.19. The Morgan fingerprint density at radius 3 is 2.77 bits per heavy atom. The molecule has 0 aliphatic heterocycles. The number of pyridine rings is 1. The molecule has 2 aromatic carbocycles. The number of halogens is 1. The van der Waals surface area contributed by atoms with Gasteiger partial charge in [0.1, 0.15) is 5.82 Å². The Labute approximate surface area is 127 Å². The molecule has 0 saturated heterocycles. The molecule has 2 amide bonds. The van der Waals surface area contributed by atoms with E-state index in [1.807, 2.05) is 25.1 Å². The summed E-state index contributed by atoms with van der Waals surface area (Å²) < 4.78 is 13.1. The highest BCUT2D eigenvalue weighted by Gasteiger charge is 2.08. The minimum Gasteiger partial charge on any atom is -0.308 e. The van der Waals surface area contributed by atoms with E-state index < -0.39 is 11.8 Å². The summed E-state index contributed by atoms with van der Waals surface area (Å²) in [5, 5.41) is 7.25. The van der Waals surface area contributed by atoms with Crippen LogP contribution in [0.25, 0.3) is 10.8 Å². The number of rotatable bonds is 2. The van der Waals surface area contributed by atoms with Crippen LogP contribution in [-0.4, -0.2) is 11.0 Å². The summed E-state index contributed by atoms with van der Waals surface area (Å²) in [6.45, 7) is 2.00. The molecule has 110 valence electrons. The van der Waals surface area contributed by atoms with Crippen molar-refractivity contribution in [1.29, 1.82) is 0 Å². The van der Waals surface area contributed by atoms with Gasteiger partial charge in [-0.1, -0.05) is 12.1 Å². The first-order valence-electron chi connectivity index (χ1n) is 6.80. The van der Waals surface area contributed by atoms with Crippen LogP contribution in [-0.2, 0) is 0 Å². The second-order valence-electron chi connectivity index (χ2n) is 4.94. The molecule has 0 atom stereocenters. The molecule has 22 heavy (non-hydrogen) atoms. The van der Waals surface area contributed by atoms with Gasteiger partial charge in [-0.2, -0.15) is 0 Å². The quantitative estimate of drug-likeness (QED) is 0.739. The number of aromatic nitrogens is 1. The number of carbonyl (C=O) groups is 1. The molecular weight excluding hydrogens is 281 g/mol. The number of amides is 2. The number of anilines is 2. The molecule has 3 rings (SSSR count). The maximum Gasteiger partial charge on any atom is 0.323 e. The normalized spacial score (nSPS) is 10.5. The molecule has 0 aliphatic carbocycles. The van der Waals surface area contributed by atoms with Crippen LogP contribution in [0.2, 0.25) is 0 Å². The molecule has 0 spiro atoms. The highest BCUT2D eigenvalue weighted by atomic mass is 19.1. The number of hydrogen-bond acceptors (Lipinski definition) is 2. The molecule has 0 saturated carbocycles. The van der Waals surface area contributed by atoms with Crippen molar-refractivity contribution in [3.05, 3.63) is 66.2 Å². The molecule has 1 aromatic heterocycles. The van der Waals surface area contributed by atoms with Crippen LogP contribution in [0.1, 0.15) is 5.56 Å². The van der Waals surface area contributed by atoms with Gasteiger partial charge in [0, 0.05) is 23.5 Å². The van der Waals surface area contributed by atoms with E-state index >= 15 is 0 Å². The highest BCUT2D eigenvalue weighted by Crippen LogP contribution is 2.25. The van der Waals surface area contributed by atoms with E-state index in [1.54, 1.807) is 18.5 Å². The molecule has 1 heterocycles. The molecule has 0 fully saturated rings. The summed E-state index contributed by atoms with van der Waals surface area (Å²) in [4.78, 5) is 16.2. The van der Waals surface area contributed by atoms with E-state index in [-0.39, 0.29) is 0 Å². The van der Waals surface area contributed by atoms with Gasteiger partial charge in [-0.05, 0) is 48.2 Å². The lowest BCUT2D eigenvalue weighted by molar-refractivity contribution is 0.262. The van der Waals surface area contributed by atoms with Gasteiger partial charge in [-0.25, -0.2) is 9.18 Å². The maximum absolute atomic E-state index is 13.1. The first-order valence-corrected chi connectivity index (χ1v) is 6.80. The van der Waals surface area contributed by atoms with Crippen LogP contribution >= 0.6 is 0 Å². The van der Waals surface area contributed by atoms with Gasteiger partial charge < -0.3 is 10.6 Å². The summed E-state index contributed by atoms with van der Waals surface area (Å²) in [6, 6.07) is 11.0. The minimum atomic E-state index is -0.431. The van der Waals surface area contributed by atoms with E-state index in [9.17, 15) is 9.18 Å². The van der Waals surface area contributed by atoms with Crippen molar-refractivity contribution in [3.63, 3.8) is 0 Å². The summed E-state index contributed by atoms with van der Waals surface area (Å²) >= 11 is 0. The zero-order valence-electron chi connectivity index (χ0n) is 11.9. The summed E-state index contributed by atoms with van der Waals surface area (Å²) in [6.07, 6.45) is 3.42. The summed E-state index contributed by atoms with van der Waals surface area (Å²) in [5.74, 6) is -0.400. The first kappa shape index (κ1) is 14.0. The molecule has 0 bridgehead atoms. The Kier molecular flexibility index (Phi) is 3.70. The smallest absolute Gasteiger partial charge is 0.308 e. The molecule has 2 N–H and O–H groups in total. The zero-order valence-corrected chi connectivity index (χ0v) is 11.9. The van der Waals surface area contributed by atoms with Crippen LogP contribution in [0.15, 0.2) is 54.9 Å². The number of carbonyl (C=O) groups excluding carboxylic acids is 1. The molecule has 0 radical (unpaired) electrons. The average Bonchev–Trinajstić information content (AvgIpc) is 2.50. The Morgan fingerprint density at radius 2 is 1.95 bits per heavy atom. The van der Waals surface area contributed by atoms with E-state index in [0.717, 1.165) is 16.3 Å². The second kappa shape index (κ2) is 5.81. The van der Waals surface area contributed by atoms with E-state index in [0.29, 0.717) is 11.4 Å². The van der Waals surface area contributed by atoms with Gasteiger partial charge in [-0.15, -0.1) is 0 Å². The SMILES string of the molecule is Cc1ccc(NC(=O)Nc2cccc(F)c2)c2cnccc12. The fourth-order valence-corrected chi connectivity index (χ4v) is 2.30. The minimum absolute atomic E-state index is 0.395. The molecule has 3 aromatic rings. The van der Waals surface area contributed by atoms with Crippen molar-refractivity contribution in [2.45, 2.75) is 6.92 Å².